The maximum atomic E-state index is 5.41. The van der Waals surface area contributed by atoms with E-state index in [9.17, 15) is 0 Å². The second-order valence-electron chi connectivity index (χ2n) is 5.80. The Labute approximate surface area is 156 Å². The molecule has 0 saturated carbocycles. The molecule has 7 heteroatoms. The molecule has 1 aliphatic heterocycles. The van der Waals surface area contributed by atoms with Crippen molar-refractivity contribution < 1.29 is 9.26 Å². The average molecular weight is 436 g/mol. The number of aliphatic imine (C=N–C) groups is 1. The van der Waals surface area contributed by atoms with Gasteiger partial charge in [-0.25, -0.2) is 0 Å². The number of nitrogens with zero attached hydrogens (tertiary/aromatic N) is 3. The molecule has 0 radical (unpaired) electrons. The standard InChI is InChI=1S/C16H28N4O2.HI/c1-4-14-11-15(22-19-14)12-18-16(17-2)20(3)8-5-13-6-9-21-10-7-13;/h11,13H,4-10,12H2,1-3H3,(H,17,18);1H. The molecule has 0 aliphatic carbocycles. The molecule has 2 heterocycles. The fourth-order valence-electron chi connectivity index (χ4n) is 2.67. The van der Waals surface area contributed by atoms with Gasteiger partial charge in [0.05, 0.1) is 12.2 Å². The Kier molecular flexibility index (Phi) is 9.54. The highest BCUT2D eigenvalue weighted by molar-refractivity contribution is 14.0. The monoisotopic (exact) mass is 436 g/mol. The van der Waals surface area contributed by atoms with E-state index in [1.54, 1.807) is 0 Å². The molecule has 0 bridgehead atoms. The number of nitrogens with one attached hydrogen (secondary N) is 1. The highest BCUT2D eigenvalue weighted by atomic mass is 127. The van der Waals surface area contributed by atoms with Gasteiger partial charge < -0.3 is 19.5 Å². The molecule has 1 N–H and O–H groups in total. The van der Waals surface area contributed by atoms with Crippen molar-refractivity contribution in [1.82, 2.24) is 15.4 Å². The summed E-state index contributed by atoms with van der Waals surface area (Å²) in [5.74, 6) is 2.51. The van der Waals surface area contributed by atoms with Crippen molar-refractivity contribution in [3.8, 4) is 0 Å². The van der Waals surface area contributed by atoms with Gasteiger partial charge in [0.15, 0.2) is 11.7 Å². The molecule has 0 atom stereocenters. The summed E-state index contributed by atoms with van der Waals surface area (Å²) in [6.07, 6.45) is 4.43. The number of hydrogen-bond acceptors (Lipinski definition) is 4. The number of aromatic nitrogens is 1. The largest absolute Gasteiger partial charge is 0.381 e. The molecule has 1 fully saturated rings. The van der Waals surface area contributed by atoms with E-state index in [-0.39, 0.29) is 24.0 Å². The minimum absolute atomic E-state index is 0. The Morgan fingerprint density at radius 3 is 2.78 bits per heavy atom. The number of hydrogen-bond donors (Lipinski definition) is 1. The maximum Gasteiger partial charge on any atom is 0.193 e. The first-order chi connectivity index (χ1) is 10.7. The van der Waals surface area contributed by atoms with Crippen molar-refractivity contribution in [3.05, 3.63) is 17.5 Å². The predicted octanol–water partition coefficient (Wildman–Crippen LogP) is 2.68. The molecule has 6 nitrogen and oxygen atoms in total. The molecule has 23 heavy (non-hydrogen) atoms. The fourth-order valence-corrected chi connectivity index (χ4v) is 2.67. The summed E-state index contributed by atoms with van der Waals surface area (Å²) in [5.41, 5.74) is 0.986. The van der Waals surface area contributed by atoms with Crippen molar-refractivity contribution in [2.24, 2.45) is 10.9 Å². The Bertz CT molecular complexity index is 472. The Morgan fingerprint density at radius 1 is 1.43 bits per heavy atom. The highest BCUT2D eigenvalue weighted by Crippen LogP contribution is 2.18. The molecule has 1 aromatic heterocycles. The lowest BCUT2D eigenvalue weighted by Gasteiger charge is -2.26. The average Bonchev–Trinajstić information content (AvgIpc) is 3.02. The van der Waals surface area contributed by atoms with E-state index in [0.717, 1.165) is 49.5 Å². The number of guanidine groups is 1. The zero-order chi connectivity index (χ0) is 15.8. The fraction of sp³-hybridized carbons (Fsp3) is 0.750. The topological polar surface area (TPSA) is 62.9 Å². The van der Waals surface area contributed by atoms with E-state index in [4.69, 9.17) is 9.26 Å². The third-order valence-corrected chi connectivity index (χ3v) is 4.18. The first kappa shape index (κ1) is 20.2. The highest BCUT2D eigenvalue weighted by Gasteiger charge is 2.15. The van der Waals surface area contributed by atoms with Gasteiger partial charge in [0.1, 0.15) is 0 Å². The molecule has 1 aromatic rings. The normalized spacial score (nSPS) is 16.0. The molecular formula is C16H29IN4O2. The molecule has 0 amide bonds. The Morgan fingerprint density at radius 2 is 2.17 bits per heavy atom. The molecule has 2 rings (SSSR count). The lowest BCUT2D eigenvalue weighted by atomic mass is 9.96. The Balaban J connectivity index is 0.00000264. The van der Waals surface area contributed by atoms with Gasteiger partial charge in [-0.05, 0) is 31.6 Å². The molecule has 0 unspecified atom stereocenters. The zero-order valence-corrected chi connectivity index (χ0v) is 16.7. The van der Waals surface area contributed by atoms with Crippen LogP contribution >= 0.6 is 24.0 Å². The number of aryl methyl sites for hydroxylation is 1. The van der Waals surface area contributed by atoms with Crippen molar-refractivity contribution in [3.63, 3.8) is 0 Å². The number of ether oxygens (including phenoxy) is 1. The minimum atomic E-state index is 0. The summed E-state index contributed by atoms with van der Waals surface area (Å²) in [4.78, 5) is 6.51. The van der Waals surface area contributed by atoms with Gasteiger partial charge in [-0.15, -0.1) is 24.0 Å². The van der Waals surface area contributed by atoms with Gasteiger partial charge in [0.2, 0.25) is 0 Å². The lowest BCUT2D eigenvalue weighted by molar-refractivity contribution is 0.0625. The van der Waals surface area contributed by atoms with Crippen LogP contribution in [0.2, 0.25) is 0 Å². The number of rotatable bonds is 6. The van der Waals surface area contributed by atoms with Crippen molar-refractivity contribution >= 4 is 29.9 Å². The van der Waals surface area contributed by atoms with Crippen LogP contribution in [0.15, 0.2) is 15.6 Å². The summed E-state index contributed by atoms with van der Waals surface area (Å²) >= 11 is 0. The third kappa shape index (κ3) is 6.66. The summed E-state index contributed by atoms with van der Waals surface area (Å²) in [6.45, 7) is 5.50. The predicted molar refractivity (Wildman–Crippen MR) is 102 cm³/mol. The van der Waals surface area contributed by atoms with E-state index in [1.165, 1.54) is 19.3 Å². The summed E-state index contributed by atoms with van der Waals surface area (Å²) in [6, 6.07) is 1.99. The number of halogens is 1. The van der Waals surface area contributed by atoms with Crippen LogP contribution < -0.4 is 5.32 Å². The van der Waals surface area contributed by atoms with Crippen LogP contribution in [0.5, 0.6) is 0 Å². The van der Waals surface area contributed by atoms with E-state index < -0.39 is 0 Å². The quantitative estimate of drug-likeness (QED) is 0.422. The van der Waals surface area contributed by atoms with Crippen LogP contribution in [0.4, 0.5) is 0 Å². The van der Waals surface area contributed by atoms with Crippen molar-refractivity contribution in [2.75, 3.05) is 33.9 Å². The van der Waals surface area contributed by atoms with E-state index >= 15 is 0 Å². The molecule has 1 aliphatic rings. The van der Waals surface area contributed by atoms with Gasteiger partial charge in [-0.2, -0.15) is 0 Å². The molecule has 132 valence electrons. The summed E-state index contributed by atoms with van der Waals surface area (Å²) < 4.78 is 10.7. The van der Waals surface area contributed by atoms with Crippen LogP contribution in [0.1, 0.15) is 37.6 Å². The lowest BCUT2D eigenvalue weighted by Crippen LogP contribution is -2.39. The van der Waals surface area contributed by atoms with Crippen LogP contribution in [0, 0.1) is 5.92 Å². The van der Waals surface area contributed by atoms with Gasteiger partial charge in [0, 0.05) is 39.9 Å². The minimum Gasteiger partial charge on any atom is -0.381 e. The van der Waals surface area contributed by atoms with Crippen molar-refractivity contribution in [2.45, 2.75) is 39.2 Å². The van der Waals surface area contributed by atoms with E-state index in [2.05, 4.69) is 34.3 Å². The third-order valence-electron chi connectivity index (χ3n) is 4.18. The van der Waals surface area contributed by atoms with E-state index in [0.29, 0.717) is 6.54 Å². The molecule has 1 saturated heterocycles. The molecular weight excluding hydrogens is 407 g/mol. The van der Waals surface area contributed by atoms with E-state index in [1.807, 2.05) is 13.1 Å². The van der Waals surface area contributed by atoms with Gasteiger partial charge in [-0.3, -0.25) is 4.99 Å². The first-order valence-corrected chi connectivity index (χ1v) is 8.17. The second-order valence-corrected chi connectivity index (χ2v) is 5.80. The summed E-state index contributed by atoms with van der Waals surface area (Å²) in [7, 11) is 3.89. The van der Waals surface area contributed by atoms with Gasteiger partial charge >= 0.3 is 0 Å². The van der Waals surface area contributed by atoms with Crippen LogP contribution in [0.25, 0.3) is 0 Å². The second kappa shape index (κ2) is 10.9. The van der Waals surface area contributed by atoms with Crippen LogP contribution in [-0.4, -0.2) is 49.9 Å². The van der Waals surface area contributed by atoms with Crippen molar-refractivity contribution in [1.29, 1.82) is 0 Å². The van der Waals surface area contributed by atoms with Gasteiger partial charge in [-0.1, -0.05) is 12.1 Å². The zero-order valence-electron chi connectivity index (χ0n) is 14.4. The smallest absolute Gasteiger partial charge is 0.193 e. The summed E-state index contributed by atoms with van der Waals surface area (Å²) in [5, 5.41) is 7.33. The van der Waals surface area contributed by atoms with Gasteiger partial charge in [0.25, 0.3) is 0 Å². The molecule has 0 aromatic carbocycles. The Hall–Kier alpha value is -0.830. The maximum absolute atomic E-state index is 5.41. The first-order valence-electron chi connectivity index (χ1n) is 8.17. The SMILES string of the molecule is CCc1cc(CNC(=NC)N(C)CCC2CCOCC2)on1.I. The van der Waals surface area contributed by atoms with Crippen LogP contribution in [-0.2, 0) is 17.7 Å². The molecule has 0 spiro atoms. The van der Waals surface area contributed by atoms with Crippen LogP contribution in [0.3, 0.4) is 0 Å².